The minimum atomic E-state index is -2.47. The van der Waals surface area contributed by atoms with Crippen molar-refractivity contribution < 1.29 is 13.6 Å². The number of ketones is 1. The van der Waals surface area contributed by atoms with E-state index in [4.69, 9.17) is 0 Å². The minimum absolute atomic E-state index is 0.294. The highest BCUT2D eigenvalue weighted by molar-refractivity contribution is 5.90. The summed E-state index contributed by atoms with van der Waals surface area (Å²) >= 11 is 0. The van der Waals surface area contributed by atoms with Crippen molar-refractivity contribution in [1.82, 2.24) is 0 Å². The molecule has 0 spiro atoms. The van der Waals surface area contributed by atoms with Crippen LogP contribution in [0.15, 0.2) is 0 Å². The van der Waals surface area contributed by atoms with Gasteiger partial charge in [-0.2, -0.15) is 0 Å². The van der Waals surface area contributed by atoms with Gasteiger partial charge in [-0.1, -0.05) is 0 Å². The Hall–Kier alpha value is -0.470. The van der Waals surface area contributed by atoms with Crippen LogP contribution in [0, 0.1) is 5.41 Å². The Kier molecular flexibility index (Phi) is 1.30. The molecule has 0 aromatic heterocycles. The second kappa shape index (κ2) is 1.75. The van der Waals surface area contributed by atoms with Crippen LogP contribution in [0.25, 0.3) is 0 Å². The van der Waals surface area contributed by atoms with E-state index in [9.17, 15) is 13.6 Å². The van der Waals surface area contributed by atoms with Gasteiger partial charge in [-0.05, 0) is 13.3 Å². The summed E-state index contributed by atoms with van der Waals surface area (Å²) in [6, 6.07) is 0. The van der Waals surface area contributed by atoms with Crippen LogP contribution in [0.5, 0.6) is 0 Å². The monoisotopic (exact) mass is 134 g/mol. The van der Waals surface area contributed by atoms with Gasteiger partial charge in [0.15, 0.2) is 0 Å². The lowest BCUT2D eigenvalue weighted by Crippen LogP contribution is -2.43. The first-order chi connectivity index (χ1) is 4.07. The first-order valence-corrected chi connectivity index (χ1v) is 2.89. The van der Waals surface area contributed by atoms with E-state index >= 15 is 0 Å². The van der Waals surface area contributed by atoms with Crippen LogP contribution < -0.4 is 0 Å². The number of carbonyl (C=O) groups excluding carboxylic acids is 1. The Morgan fingerprint density at radius 2 is 2.22 bits per heavy atom. The predicted molar refractivity (Wildman–Crippen MR) is 28.4 cm³/mol. The molecule has 0 heterocycles. The molecule has 0 aromatic rings. The van der Waals surface area contributed by atoms with E-state index in [1.807, 2.05) is 0 Å². The molecule has 9 heavy (non-hydrogen) atoms. The highest BCUT2D eigenvalue weighted by Gasteiger charge is 2.48. The Morgan fingerprint density at radius 3 is 2.22 bits per heavy atom. The smallest absolute Gasteiger partial charge is 0.250 e. The lowest BCUT2D eigenvalue weighted by Gasteiger charge is -2.34. The van der Waals surface area contributed by atoms with Crippen molar-refractivity contribution in [1.29, 1.82) is 0 Å². The summed E-state index contributed by atoms with van der Waals surface area (Å²) in [5.41, 5.74) is -1.29. The third-order valence-corrected chi connectivity index (χ3v) is 1.99. The van der Waals surface area contributed by atoms with E-state index < -0.39 is 11.8 Å². The Balaban J connectivity index is 2.64. The van der Waals surface area contributed by atoms with Crippen molar-refractivity contribution in [2.45, 2.75) is 26.2 Å². The number of carbonyl (C=O) groups is 1. The molecule has 0 saturated heterocycles. The molecule has 1 nitrogen and oxygen atoms in total. The van der Waals surface area contributed by atoms with Crippen LogP contribution in [0.1, 0.15) is 19.8 Å². The molecule has 1 aliphatic carbocycles. The number of hydrogen-bond acceptors (Lipinski definition) is 1. The average Bonchev–Trinajstić information content (AvgIpc) is 1.82. The highest BCUT2D eigenvalue weighted by Crippen LogP contribution is 2.41. The van der Waals surface area contributed by atoms with Crippen molar-refractivity contribution in [3.63, 3.8) is 0 Å². The number of alkyl halides is 2. The Morgan fingerprint density at radius 1 is 1.67 bits per heavy atom. The molecule has 0 amide bonds. The predicted octanol–water partition coefficient (Wildman–Crippen LogP) is 1.62. The van der Waals surface area contributed by atoms with Gasteiger partial charge in [0, 0.05) is 6.42 Å². The summed E-state index contributed by atoms with van der Waals surface area (Å²) in [5, 5.41) is 0. The molecule has 0 aliphatic heterocycles. The van der Waals surface area contributed by atoms with Gasteiger partial charge in [0.1, 0.15) is 5.78 Å². The van der Waals surface area contributed by atoms with Crippen molar-refractivity contribution in [2.75, 3.05) is 0 Å². The summed E-state index contributed by atoms with van der Waals surface area (Å²) in [4.78, 5) is 10.5. The highest BCUT2D eigenvalue weighted by atomic mass is 19.3. The van der Waals surface area contributed by atoms with E-state index in [0.717, 1.165) is 0 Å². The quantitative estimate of drug-likeness (QED) is 0.532. The molecule has 0 aromatic carbocycles. The standard InChI is InChI=1S/C6H8F2O/c1-6(5(7)8)3-2-4(6)9/h5H,2-3H2,1H3/t6-/m0/s1. The third-order valence-electron chi connectivity index (χ3n) is 1.99. The number of halogens is 2. The minimum Gasteiger partial charge on any atom is -0.299 e. The largest absolute Gasteiger partial charge is 0.299 e. The molecule has 3 heteroatoms. The van der Waals surface area contributed by atoms with E-state index in [2.05, 4.69) is 0 Å². The summed E-state index contributed by atoms with van der Waals surface area (Å²) < 4.78 is 23.8. The van der Waals surface area contributed by atoms with Crippen LogP contribution >= 0.6 is 0 Å². The third kappa shape index (κ3) is 0.749. The fourth-order valence-corrected chi connectivity index (χ4v) is 0.852. The SMILES string of the molecule is C[C@]1(C(F)F)CCC1=O. The van der Waals surface area contributed by atoms with Gasteiger partial charge in [-0.3, -0.25) is 4.79 Å². The van der Waals surface area contributed by atoms with Crippen LogP contribution in [-0.2, 0) is 4.79 Å². The Bertz CT molecular complexity index is 144. The van der Waals surface area contributed by atoms with Gasteiger partial charge in [0.05, 0.1) is 5.41 Å². The zero-order valence-electron chi connectivity index (χ0n) is 5.16. The molecule has 1 atom stereocenters. The van der Waals surface area contributed by atoms with Gasteiger partial charge in [-0.25, -0.2) is 8.78 Å². The summed E-state index contributed by atoms with van der Waals surface area (Å²) in [6.45, 7) is 1.32. The lowest BCUT2D eigenvalue weighted by atomic mass is 9.69. The molecule has 1 rings (SSSR count). The van der Waals surface area contributed by atoms with Crippen LogP contribution in [0.2, 0.25) is 0 Å². The molecule has 0 bridgehead atoms. The fourth-order valence-electron chi connectivity index (χ4n) is 0.852. The molecule has 0 unspecified atom stereocenters. The van der Waals surface area contributed by atoms with Crippen molar-refractivity contribution in [2.24, 2.45) is 5.41 Å². The molecule has 1 fully saturated rings. The van der Waals surface area contributed by atoms with Gasteiger partial charge in [-0.15, -0.1) is 0 Å². The maximum absolute atomic E-state index is 11.9. The van der Waals surface area contributed by atoms with E-state index in [0.29, 0.717) is 12.8 Å². The van der Waals surface area contributed by atoms with Gasteiger partial charge in [0.25, 0.3) is 6.43 Å². The Labute approximate surface area is 52.1 Å². The van der Waals surface area contributed by atoms with Gasteiger partial charge >= 0.3 is 0 Å². The molecule has 52 valence electrons. The summed E-state index contributed by atoms with van der Waals surface area (Å²) in [7, 11) is 0. The van der Waals surface area contributed by atoms with Crippen molar-refractivity contribution in [3.05, 3.63) is 0 Å². The number of hydrogen-bond donors (Lipinski definition) is 0. The summed E-state index contributed by atoms with van der Waals surface area (Å²) in [6.07, 6.45) is -1.79. The first-order valence-electron chi connectivity index (χ1n) is 2.89. The van der Waals surface area contributed by atoms with E-state index in [1.165, 1.54) is 6.92 Å². The molecule has 0 radical (unpaired) electrons. The van der Waals surface area contributed by atoms with Crippen LogP contribution in [-0.4, -0.2) is 12.2 Å². The van der Waals surface area contributed by atoms with Crippen molar-refractivity contribution in [3.8, 4) is 0 Å². The van der Waals surface area contributed by atoms with Crippen molar-refractivity contribution >= 4 is 5.78 Å². The van der Waals surface area contributed by atoms with Gasteiger partial charge < -0.3 is 0 Å². The molecule has 1 aliphatic rings. The molecular weight excluding hydrogens is 126 g/mol. The topological polar surface area (TPSA) is 17.1 Å². The fraction of sp³-hybridized carbons (Fsp3) is 0.833. The second-order valence-corrected chi connectivity index (χ2v) is 2.64. The first kappa shape index (κ1) is 6.65. The zero-order chi connectivity index (χ0) is 7.07. The molecule has 0 N–H and O–H groups in total. The maximum Gasteiger partial charge on any atom is 0.250 e. The summed E-state index contributed by atoms with van der Waals surface area (Å²) in [5.74, 6) is -0.294. The molecule has 1 saturated carbocycles. The van der Waals surface area contributed by atoms with E-state index in [-0.39, 0.29) is 5.78 Å². The molecular formula is C6H8F2O. The average molecular weight is 134 g/mol. The van der Waals surface area contributed by atoms with Gasteiger partial charge in [0.2, 0.25) is 0 Å². The second-order valence-electron chi connectivity index (χ2n) is 2.64. The van der Waals surface area contributed by atoms with E-state index in [1.54, 1.807) is 0 Å². The lowest BCUT2D eigenvalue weighted by molar-refractivity contribution is -0.149. The zero-order valence-corrected chi connectivity index (χ0v) is 5.16. The number of rotatable bonds is 1. The van der Waals surface area contributed by atoms with Crippen LogP contribution in [0.3, 0.4) is 0 Å². The number of Topliss-reactive ketones (excluding diaryl/α,β-unsaturated/α-hetero) is 1. The maximum atomic E-state index is 11.9. The normalized spacial score (nSPS) is 34.9. The van der Waals surface area contributed by atoms with Crippen LogP contribution in [0.4, 0.5) is 8.78 Å².